The van der Waals surface area contributed by atoms with Crippen LogP contribution in [-0.4, -0.2) is 20.9 Å². The average molecular weight is 370 g/mol. The fourth-order valence-electron chi connectivity index (χ4n) is 3.44. The van der Waals surface area contributed by atoms with Gasteiger partial charge in [0, 0.05) is 23.8 Å². The number of rotatable bonds is 5. The van der Waals surface area contributed by atoms with E-state index in [2.05, 4.69) is 4.72 Å². The van der Waals surface area contributed by atoms with Crippen molar-refractivity contribution in [2.75, 3.05) is 16.2 Å². The number of nitrogens with zero attached hydrogens (tertiary/aromatic N) is 1. The first kappa shape index (κ1) is 17.1. The maximum absolute atomic E-state index is 12.5. The molecule has 1 aliphatic carbocycles. The summed E-state index contributed by atoms with van der Waals surface area (Å²) in [6, 6.07) is 12.9. The van der Waals surface area contributed by atoms with Crippen LogP contribution in [-0.2, 0) is 27.0 Å². The second kappa shape index (κ2) is 6.43. The predicted molar refractivity (Wildman–Crippen MR) is 103 cm³/mol. The molecular weight excluding hydrogens is 348 g/mol. The van der Waals surface area contributed by atoms with E-state index in [1.165, 1.54) is 0 Å². The Morgan fingerprint density at radius 1 is 1.19 bits per heavy atom. The van der Waals surface area contributed by atoms with Crippen LogP contribution in [0.5, 0.6) is 0 Å². The molecule has 2 aliphatic rings. The van der Waals surface area contributed by atoms with Crippen LogP contribution in [0.1, 0.15) is 29.5 Å². The molecule has 0 unspecified atom stereocenters. The molecule has 0 saturated heterocycles. The molecule has 0 aromatic heterocycles. The van der Waals surface area contributed by atoms with Gasteiger partial charge in [0.1, 0.15) is 0 Å². The summed E-state index contributed by atoms with van der Waals surface area (Å²) < 4.78 is 27.7. The zero-order valence-electron chi connectivity index (χ0n) is 14.7. The SMILES string of the molecule is Cc1ccccc1CS(=O)(=O)Nc1ccc2c(c1)CCN2C(=O)C1CC1. The second-order valence-corrected chi connectivity index (χ2v) is 8.87. The van der Waals surface area contributed by atoms with Crippen LogP contribution in [0.3, 0.4) is 0 Å². The van der Waals surface area contributed by atoms with Crippen LogP contribution in [0.4, 0.5) is 11.4 Å². The van der Waals surface area contributed by atoms with E-state index in [4.69, 9.17) is 0 Å². The van der Waals surface area contributed by atoms with Crippen LogP contribution in [0.2, 0.25) is 0 Å². The van der Waals surface area contributed by atoms with E-state index in [1.54, 1.807) is 6.07 Å². The first-order valence-corrected chi connectivity index (χ1v) is 10.6. The van der Waals surface area contributed by atoms with Gasteiger partial charge in [0.25, 0.3) is 0 Å². The summed E-state index contributed by atoms with van der Waals surface area (Å²) in [5.41, 5.74) is 4.25. The standard InChI is InChI=1S/C20H22N2O3S/c1-14-4-2-3-5-17(14)13-26(24,25)21-18-8-9-19-16(12-18)10-11-22(19)20(23)15-6-7-15/h2-5,8-9,12,15,21H,6-7,10-11,13H2,1H3. The maximum Gasteiger partial charge on any atom is 0.236 e. The molecule has 2 aromatic rings. The summed E-state index contributed by atoms with van der Waals surface area (Å²) in [4.78, 5) is 14.2. The summed E-state index contributed by atoms with van der Waals surface area (Å²) in [6.07, 6.45) is 2.74. The van der Waals surface area contributed by atoms with Crippen LogP contribution in [0.25, 0.3) is 0 Å². The monoisotopic (exact) mass is 370 g/mol. The third-order valence-corrected chi connectivity index (χ3v) is 6.29. The van der Waals surface area contributed by atoms with Crippen LogP contribution in [0, 0.1) is 12.8 Å². The van der Waals surface area contributed by atoms with E-state index in [-0.39, 0.29) is 17.6 Å². The average Bonchev–Trinajstić information content (AvgIpc) is 3.36. The van der Waals surface area contributed by atoms with Crippen LogP contribution in [0.15, 0.2) is 42.5 Å². The van der Waals surface area contributed by atoms with E-state index < -0.39 is 10.0 Å². The molecule has 1 N–H and O–H groups in total. The van der Waals surface area contributed by atoms with Gasteiger partial charge >= 0.3 is 0 Å². The van der Waals surface area contributed by atoms with Crippen molar-refractivity contribution < 1.29 is 13.2 Å². The molecule has 2 aromatic carbocycles. The molecular formula is C20H22N2O3S. The normalized spacial score (nSPS) is 16.4. The molecule has 6 heteroatoms. The van der Waals surface area contributed by atoms with Gasteiger partial charge in [-0.1, -0.05) is 24.3 Å². The number of anilines is 2. The predicted octanol–water partition coefficient (Wildman–Crippen LogP) is 3.24. The minimum absolute atomic E-state index is 0.0525. The highest BCUT2D eigenvalue weighted by atomic mass is 32.2. The first-order chi connectivity index (χ1) is 12.4. The lowest BCUT2D eigenvalue weighted by Gasteiger charge is -2.17. The van der Waals surface area contributed by atoms with Gasteiger partial charge in [-0.15, -0.1) is 0 Å². The lowest BCUT2D eigenvalue weighted by molar-refractivity contribution is -0.119. The molecule has 1 aliphatic heterocycles. The number of hydrogen-bond acceptors (Lipinski definition) is 3. The molecule has 0 spiro atoms. The summed E-state index contributed by atoms with van der Waals surface area (Å²) in [5, 5.41) is 0. The van der Waals surface area contributed by atoms with E-state index in [9.17, 15) is 13.2 Å². The molecule has 26 heavy (non-hydrogen) atoms. The number of benzene rings is 2. The van der Waals surface area contributed by atoms with Crippen molar-refractivity contribution in [1.29, 1.82) is 0 Å². The van der Waals surface area contributed by atoms with Crippen molar-refractivity contribution in [1.82, 2.24) is 0 Å². The number of carbonyl (C=O) groups is 1. The minimum Gasteiger partial charge on any atom is -0.312 e. The smallest absolute Gasteiger partial charge is 0.236 e. The van der Waals surface area contributed by atoms with Crippen molar-refractivity contribution in [3.8, 4) is 0 Å². The summed E-state index contributed by atoms with van der Waals surface area (Å²) >= 11 is 0. The van der Waals surface area contributed by atoms with Gasteiger partial charge in [-0.05, 0) is 61.1 Å². The minimum atomic E-state index is -3.49. The van der Waals surface area contributed by atoms with Gasteiger partial charge in [0.05, 0.1) is 5.75 Å². The topological polar surface area (TPSA) is 66.5 Å². The van der Waals surface area contributed by atoms with E-state index in [0.717, 1.165) is 41.6 Å². The Balaban J connectivity index is 1.51. The van der Waals surface area contributed by atoms with Gasteiger partial charge in [-0.2, -0.15) is 0 Å². The van der Waals surface area contributed by atoms with E-state index >= 15 is 0 Å². The Morgan fingerprint density at radius 3 is 2.69 bits per heavy atom. The summed E-state index contributed by atoms with van der Waals surface area (Å²) in [6.45, 7) is 2.59. The number of hydrogen-bond donors (Lipinski definition) is 1. The molecule has 1 amide bonds. The number of amides is 1. The number of nitrogens with one attached hydrogen (secondary N) is 1. The molecule has 5 nitrogen and oxygen atoms in total. The van der Waals surface area contributed by atoms with Gasteiger partial charge in [0.15, 0.2) is 0 Å². The highest BCUT2D eigenvalue weighted by Crippen LogP contribution is 2.37. The van der Waals surface area contributed by atoms with Crippen molar-refractivity contribution >= 4 is 27.3 Å². The lowest BCUT2D eigenvalue weighted by atomic mass is 10.1. The highest BCUT2D eigenvalue weighted by molar-refractivity contribution is 7.91. The van der Waals surface area contributed by atoms with Crippen molar-refractivity contribution in [3.05, 3.63) is 59.2 Å². The number of aryl methyl sites for hydroxylation is 1. The Bertz CT molecular complexity index is 965. The number of sulfonamides is 1. The molecule has 1 saturated carbocycles. The molecule has 0 bridgehead atoms. The fourth-order valence-corrected chi connectivity index (χ4v) is 4.73. The molecule has 4 rings (SSSR count). The molecule has 1 fully saturated rings. The maximum atomic E-state index is 12.5. The lowest BCUT2D eigenvalue weighted by Crippen LogP contribution is -2.30. The zero-order chi connectivity index (χ0) is 18.3. The van der Waals surface area contributed by atoms with Gasteiger partial charge in [-0.25, -0.2) is 8.42 Å². The van der Waals surface area contributed by atoms with E-state index in [0.29, 0.717) is 12.2 Å². The summed E-state index contributed by atoms with van der Waals surface area (Å²) in [5.74, 6) is 0.341. The quantitative estimate of drug-likeness (QED) is 0.879. The molecule has 0 radical (unpaired) electrons. The molecule has 0 atom stereocenters. The first-order valence-electron chi connectivity index (χ1n) is 8.92. The van der Waals surface area contributed by atoms with Crippen molar-refractivity contribution in [2.45, 2.75) is 31.9 Å². The van der Waals surface area contributed by atoms with Gasteiger partial charge < -0.3 is 4.90 Å². The number of fused-ring (bicyclic) bond motifs is 1. The molecule has 136 valence electrons. The highest BCUT2D eigenvalue weighted by Gasteiger charge is 2.36. The fraction of sp³-hybridized carbons (Fsp3) is 0.350. The van der Waals surface area contributed by atoms with E-state index in [1.807, 2.05) is 48.2 Å². The zero-order valence-corrected chi connectivity index (χ0v) is 15.6. The van der Waals surface area contributed by atoms with Crippen LogP contribution < -0.4 is 9.62 Å². The second-order valence-electron chi connectivity index (χ2n) is 7.15. The van der Waals surface area contributed by atoms with Crippen LogP contribution >= 0.6 is 0 Å². The third kappa shape index (κ3) is 3.46. The summed E-state index contributed by atoms with van der Waals surface area (Å²) in [7, 11) is -3.49. The number of carbonyl (C=O) groups excluding carboxylic acids is 1. The largest absolute Gasteiger partial charge is 0.312 e. The van der Waals surface area contributed by atoms with Gasteiger partial charge in [-0.3, -0.25) is 9.52 Å². The Kier molecular flexibility index (Phi) is 4.23. The Hall–Kier alpha value is -2.34. The Labute approximate surface area is 154 Å². The Morgan fingerprint density at radius 2 is 1.96 bits per heavy atom. The molecule has 1 heterocycles. The third-order valence-electron chi connectivity index (χ3n) is 5.05. The van der Waals surface area contributed by atoms with Crippen molar-refractivity contribution in [2.24, 2.45) is 5.92 Å². The van der Waals surface area contributed by atoms with Crippen molar-refractivity contribution in [3.63, 3.8) is 0 Å². The van der Waals surface area contributed by atoms with Gasteiger partial charge in [0.2, 0.25) is 15.9 Å².